The molecule has 0 aliphatic carbocycles. The Morgan fingerprint density at radius 2 is 1.95 bits per heavy atom. The third-order valence-electron chi connectivity index (χ3n) is 2.96. The lowest BCUT2D eigenvalue weighted by molar-refractivity contribution is 0.628. The molecular formula is C15H15FN4S. The highest BCUT2D eigenvalue weighted by Crippen LogP contribution is 2.31. The fourth-order valence-electron chi connectivity index (χ4n) is 2.04. The molecule has 2 heterocycles. The summed E-state index contributed by atoms with van der Waals surface area (Å²) in [5.41, 5.74) is 0.794. The van der Waals surface area contributed by atoms with Crippen LogP contribution in [0.4, 0.5) is 21.8 Å². The number of aryl methyl sites for hydroxylation is 1. The first-order chi connectivity index (χ1) is 10.2. The van der Waals surface area contributed by atoms with E-state index in [4.69, 9.17) is 0 Å². The maximum atomic E-state index is 13.0. The lowest BCUT2D eigenvalue weighted by atomic mass is 10.3. The molecule has 1 aromatic carbocycles. The van der Waals surface area contributed by atoms with E-state index >= 15 is 0 Å². The van der Waals surface area contributed by atoms with E-state index in [0.717, 1.165) is 28.3 Å². The monoisotopic (exact) mass is 302 g/mol. The first-order valence-electron chi connectivity index (χ1n) is 6.70. The van der Waals surface area contributed by atoms with E-state index in [0.29, 0.717) is 5.95 Å². The second-order valence-electron chi connectivity index (χ2n) is 4.63. The summed E-state index contributed by atoms with van der Waals surface area (Å²) in [5.74, 6) is 1.07. The molecule has 0 bridgehead atoms. The van der Waals surface area contributed by atoms with Crippen LogP contribution < -0.4 is 10.6 Å². The normalized spacial score (nSPS) is 10.8. The van der Waals surface area contributed by atoms with Gasteiger partial charge in [-0.25, -0.2) is 9.37 Å². The number of halogens is 1. The Labute approximate surface area is 126 Å². The van der Waals surface area contributed by atoms with E-state index in [1.165, 1.54) is 17.0 Å². The van der Waals surface area contributed by atoms with Crippen LogP contribution in [0, 0.1) is 12.7 Å². The summed E-state index contributed by atoms with van der Waals surface area (Å²) in [6.45, 7) is 4.80. The van der Waals surface area contributed by atoms with Crippen molar-refractivity contribution in [3.63, 3.8) is 0 Å². The fourth-order valence-corrected chi connectivity index (χ4v) is 2.92. The Balaban J connectivity index is 2.04. The number of benzene rings is 1. The summed E-state index contributed by atoms with van der Waals surface area (Å²) in [6, 6.07) is 8.28. The summed E-state index contributed by atoms with van der Waals surface area (Å²) in [6.07, 6.45) is 0. The molecule has 3 aromatic rings. The minimum Gasteiger partial charge on any atom is -0.354 e. The maximum absolute atomic E-state index is 13.0. The highest BCUT2D eigenvalue weighted by molar-refractivity contribution is 7.18. The van der Waals surface area contributed by atoms with Gasteiger partial charge < -0.3 is 10.6 Å². The molecule has 21 heavy (non-hydrogen) atoms. The summed E-state index contributed by atoms with van der Waals surface area (Å²) in [5, 5.41) is 7.34. The van der Waals surface area contributed by atoms with Crippen LogP contribution in [-0.2, 0) is 0 Å². The van der Waals surface area contributed by atoms with Gasteiger partial charge in [-0.15, -0.1) is 11.3 Å². The fraction of sp³-hybridized carbons (Fsp3) is 0.200. The number of anilines is 3. The first kappa shape index (κ1) is 13.8. The molecule has 2 N–H and O–H groups in total. The molecule has 3 rings (SSSR count). The standard InChI is InChI=1S/C15H15FN4S/c1-3-17-15-19-13(12-8-9(2)21-14(12)20-15)18-11-6-4-10(16)5-7-11/h4-8H,3H2,1-2H3,(H2,17,18,19,20). The first-order valence-corrected chi connectivity index (χ1v) is 7.52. The number of nitrogens with one attached hydrogen (secondary N) is 2. The average molecular weight is 302 g/mol. The van der Waals surface area contributed by atoms with Crippen LogP contribution in [0.3, 0.4) is 0 Å². The molecule has 0 spiro atoms. The topological polar surface area (TPSA) is 49.8 Å². The molecule has 0 saturated heterocycles. The third-order valence-corrected chi connectivity index (χ3v) is 3.90. The smallest absolute Gasteiger partial charge is 0.226 e. The van der Waals surface area contributed by atoms with Gasteiger partial charge in [-0.05, 0) is 44.2 Å². The predicted molar refractivity (Wildman–Crippen MR) is 86.0 cm³/mol. The molecule has 0 aliphatic heterocycles. The van der Waals surface area contributed by atoms with Crippen LogP contribution in [0.5, 0.6) is 0 Å². The van der Waals surface area contributed by atoms with Gasteiger partial charge in [0.25, 0.3) is 0 Å². The molecule has 0 atom stereocenters. The number of hydrogen-bond donors (Lipinski definition) is 2. The van der Waals surface area contributed by atoms with Gasteiger partial charge in [0.05, 0.1) is 5.39 Å². The Bertz CT molecular complexity index is 767. The molecule has 0 amide bonds. The van der Waals surface area contributed by atoms with Crippen LogP contribution >= 0.6 is 11.3 Å². The number of fused-ring (bicyclic) bond motifs is 1. The molecule has 6 heteroatoms. The van der Waals surface area contributed by atoms with Crippen LogP contribution in [0.2, 0.25) is 0 Å². The third kappa shape index (κ3) is 2.95. The number of rotatable bonds is 4. The van der Waals surface area contributed by atoms with E-state index < -0.39 is 0 Å². The van der Waals surface area contributed by atoms with Gasteiger partial charge in [0.2, 0.25) is 5.95 Å². The summed E-state index contributed by atoms with van der Waals surface area (Å²) < 4.78 is 13.0. The second kappa shape index (κ2) is 5.65. The summed E-state index contributed by atoms with van der Waals surface area (Å²) in [7, 11) is 0. The van der Waals surface area contributed by atoms with Gasteiger partial charge in [-0.2, -0.15) is 4.98 Å². The number of hydrogen-bond acceptors (Lipinski definition) is 5. The molecule has 0 saturated carbocycles. The van der Waals surface area contributed by atoms with Crippen molar-refractivity contribution in [2.75, 3.05) is 17.2 Å². The zero-order chi connectivity index (χ0) is 14.8. The van der Waals surface area contributed by atoms with E-state index in [-0.39, 0.29) is 5.82 Å². The van der Waals surface area contributed by atoms with Gasteiger partial charge in [-0.3, -0.25) is 0 Å². The molecular weight excluding hydrogens is 287 g/mol. The molecule has 0 fully saturated rings. The second-order valence-corrected chi connectivity index (χ2v) is 5.87. The Hall–Kier alpha value is -2.21. The summed E-state index contributed by atoms with van der Waals surface area (Å²) >= 11 is 1.63. The van der Waals surface area contributed by atoms with Crippen molar-refractivity contribution in [1.29, 1.82) is 0 Å². The lowest BCUT2D eigenvalue weighted by Gasteiger charge is -2.09. The van der Waals surface area contributed by atoms with Crippen molar-refractivity contribution in [1.82, 2.24) is 9.97 Å². The van der Waals surface area contributed by atoms with Crippen LogP contribution in [0.1, 0.15) is 11.8 Å². The lowest BCUT2D eigenvalue weighted by Crippen LogP contribution is -2.04. The van der Waals surface area contributed by atoms with Gasteiger partial charge in [0.1, 0.15) is 16.5 Å². The molecule has 4 nitrogen and oxygen atoms in total. The zero-order valence-corrected chi connectivity index (χ0v) is 12.6. The van der Waals surface area contributed by atoms with E-state index in [2.05, 4.69) is 26.7 Å². The highest BCUT2D eigenvalue weighted by atomic mass is 32.1. The van der Waals surface area contributed by atoms with Crippen molar-refractivity contribution in [2.24, 2.45) is 0 Å². The minimum atomic E-state index is -0.256. The van der Waals surface area contributed by atoms with Crippen molar-refractivity contribution in [3.05, 3.63) is 41.0 Å². The Morgan fingerprint density at radius 3 is 2.67 bits per heavy atom. The van der Waals surface area contributed by atoms with Crippen molar-refractivity contribution < 1.29 is 4.39 Å². The molecule has 0 aliphatic rings. The number of aromatic nitrogens is 2. The van der Waals surface area contributed by atoms with E-state index in [9.17, 15) is 4.39 Å². The Kier molecular flexibility index (Phi) is 3.70. The largest absolute Gasteiger partial charge is 0.354 e. The van der Waals surface area contributed by atoms with Gasteiger partial charge in [-0.1, -0.05) is 0 Å². The molecule has 0 radical (unpaired) electrons. The van der Waals surface area contributed by atoms with Crippen molar-refractivity contribution in [3.8, 4) is 0 Å². The predicted octanol–water partition coefficient (Wildman–Crippen LogP) is 4.31. The minimum absolute atomic E-state index is 0.256. The van der Waals surface area contributed by atoms with E-state index in [1.54, 1.807) is 23.5 Å². The van der Waals surface area contributed by atoms with Crippen LogP contribution in [0.15, 0.2) is 30.3 Å². The number of thiophene rings is 1. The van der Waals surface area contributed by atoms with Crippen LogP contribution in [0.25, 0.3) is 10.2 Å². The zero-order valence-electron chi connectivity index (χ0n) is 11.8. The van der Waals surface area contributed by atoms with Gasteiger partial charge in [0.15, 0.2) is 0 Å². The van der Waals surface area contributed by atoms with E-state index in [1.807, 2.05) is 13.8 Å². The number of nitrogens with zero attached hydrogens (tertiary/aromatic N) is 2. The van der Waals surface area contributed by atoms with Crippen LogP contribution in [-0.4, -0.2) is 16.5 Å². The SMILES string of the molecule is CCNc1nc(Nc2ccc(F)cc2)c2cc(C)sc2n1. The van der Waals surface area contributed by atoms with Gasteiger partial charge in [0, 0.05) is 17.1 Å². The van der Waals surface area contributed by atoms with Crippen molar-refractivity contribution in [2.45, 2.75) is 13.8 Å². The quantitative estimate of drug-likeness (QED) is 0.754. The average Bonchev–Trinajstić information content (AvgIpc) is 2.82. The molecule has 0 unspecified atom stereocenters. The Morgan fingerprint density at radius 1 is 1.19 bits per heavy atom. The molecule has 108 valence electrons. The van der Waals surface area contributed by atoms with Gasteiger partial charge >= 0.3 is 0 Å². The maximum Gasteiger partial charge on any atom is 0.226 e. The molecule has 2 aromatic heterocycles. The summed E-state index contributed by atoms with van der Waals surface area (Å²) in [4.78, 5) is 11.1. The highest BCUT2D eigenvalue weighted by Gasteiger charge is 2.10. The van der Waals surface area contributed by atoms with Crippen molar-refractivity contribution >= 4 is 39.0 Å².